The fourth-order valence-electron chi connectivity index (χ4n) is 2.53. The Kier molecular flexibility index (Phi) is 4.91. The summed E-state index contributed by atoms with van der Waals surface area (Å²) in [4.78, 5) is 4.68. The van der Waals surface area contributed by atoms with Crippen LogP contribution in [0.25, 0.3) is 0 Å². The minimum absolute atomic E-state index is 0.318. The largest absolute Gasteiger partial charge is 0.388 e. The van der Waals surface area contributed by atoms with Gasteiger partial charge in [0.05, 0.1) is 6.10 Å². The maximum atomic E-state index is 13.5. The van der Waals surface area contributed by atoms with Crippen molar-refractivity contribution in [2.24, 2.45) is 0 Å². The standard InChI is InChI=1S/C15H23FN2O/c1-12-11-18(10-9-17(12)2)8-7-15(19)13-5-3-4-6-14(13)16/h3-6,12,15,19H,7-11H2,1-2H3. The van der Waals surface area contributed by atoms with Gasteiger partial charge in [-0.25, -0.2) is 4.39 Å². The lowest BCUT2D eigenvalue weighted by Gasteiger charge is -2.38. The van der Waals surface area contributed by atoms with Crippen molar-refractivity contribution in [2.75, 3.05) is 33.2 Å². The topological polar surface area (TPSA) is 26.7 Å². The van der Waals surface area contributed by atoms with E-state index < -0.39 is 6.10 Å². The summed E-state index contributed by atoms with van der Waals surface area (Å²) in [5, 5.41) is 10.1. The Hall–Kier alpha value is -0.970. The van der Waals surface area contributed by atoms with Crippen LogP contribution in [-0.2, 0) is 0 Å². The molecule has 1 aliphatic heterocycles. The molecule has 2 rings (SSSR count). The third-order valence-corrected chi connectivity index (χ3v) is 4.03. The van der Waals surface area contributed by atoms with E-state index in [4.69, 9.17) is 0 Å². The van der Waals surface area contributed by atoms with Crippen LogP contribution in [0.4, 0.5) is 4.39 Å². The zero-order valence-corrected chi connectivity index (χ0v) is 11.7. The van der Waals surface area contributed by atoms with Gasteiger partial charge in [0, 0.05) is 37.8 Å². The Bertz CT molecular complexity index is 413. The molecule has 4 heteroatoms. The fourth-order valence-corrected chi connectivity index (χ4v) is 2.53. The molecule has 19 heavy (non-hydrogen) atoms. The van der Waals surface area contributed by atoms with Crippen molar-refractivity contribution < 1.29 is 9.50 Å². The first kappa shape index (κ1) is 14.4. The van der Waals surface area contributed by atoms with Crippen molar-refractivity contribution >= 4 is 0 Å². The molecule has 0 amide bonds. The second-order valence-electron chi connectivity index (χ2n) is 5.46. The van der Waals surface area contributed by atoms with E-state index in [1.165, 1.54) is 6.07 Å². The van der Waals surface area contributed by atoms with E-state index in [1.54, 1.807) is 18.2 Å². The van der Waals surface area contributed by atoms with Gasteiger partial charge in [0.2, 0.25) is 0 Å². The highest BCUT2D eigenvalue weighted by molar-refractivity contribution is 5.19. The molecule has 1 aromatic rings. The van der Waals surface area contributed by atoms with Crippen molar-refractivity contribution in [1.82, 2.24) is 9.80 Å². The van der Waals surface area contributed by atoms with Gasteiger partial charge in [-0.1, -0.05) is 18.2 Å². The Labute approximate surface area is 114 Å². The van der Waals surface area contributed by atoms with Crippen molar-refractivity contribution in [1.29, 1.82) is 0 Å². The predicted octanol–water partition coefficient (Wildman–Crippen LogP) is 1.89. The molecule has 1 heterocycles. The fraction of sp³-hybridized carbons (Fsp3) is 0.600. The van der Waals surface area contributed by atoms with Crippen LogP contribution in [0, 0.1) is 5.82 Å². The lowest BCUT2D eigenvalue weighted by Crippen LogP contribution is -2.50. The Morgan fingerprint density at radius 2 is 2.11 bits per heavy atom. The number of halogens is 1. The van der Waals surface area contributed by atoms with Gasteiger partial charge in [-0.15, -0.1) is 0 Å². The second-order valence-corrected chi connectivity index (χ2v) is 5.46. The molecule has 1 saturated heterocycles. The van der Waals surface area contributed by atoms with Gasteiger partial charge in [0.1, 0.15) is 5.82 Å². The third-order valence-electron chi connectivity index (χ3n) is 4.03. The number of benzene rings is 1. The third kappa shape index (κ3) is 3.75. The van der Waals surface area contributed by atoms with Crippen molar-refractivity contribution in [2.45, 2.75) is 25.5 Å². The molecule has 0 saturated carbocycles. The summed E-state index contributed by atoms with van der Waals surface area (Å²) in [6, 6.07) is 7.01. The number of likely N-dealkylation sites (N-methyl/N-ethyl adjacent to an activating group) is 1. The molecule has 0 aromatic heterocycles. The summed E-state index contributed by atoms with van der Waals surface area (Å²) in [6.45, 7) is 6.11. The molecule has 1 fully saturated rings. The van der Waals surface area contributed by atoms with E-state index in [2.05, 4.69) is 23.8 Å². The number of nitrogens with zero attached hydrogens (tertiary/aromatic N) is 2. The van der Waals surface area contributed by atoms with Crippen molar-refractivity contribution in [3.63, 3.8) is 0 Å². The van der Waals surface area contributed by atoms with E-state index >= 15 is 0 Å². The molecule has 1 N–H and O–H groups in total. The van der Waals surface area contributed by atoms with Crippen LogP contribution in [0.3, 0.4) is 0 Å². The summed E-state index contributed by atoms with van der Waals surface area (Å²) in [6.07, 6.45) is -0.131. The van der Waals surface area contributed by atoms with Gasteiger partial charge >= 0.3 is 0 Å². The van der Waals surface area contributed by atoms with Crippen LogP contribution in [0.5, 0.6) is 0 Å². The quantitative estimate of drug-likeness (QED) is 0.901. The van der Waals surface area contributed by atoms with E-state index in [9.17, 15) is 9.50 Å². The van der Waals surface area contributed by atoms with Gasteiger partial charge in [-0.05, 0) is 26.5 Å². The monoisotopic (exact) mass is 266 g/mol. The SMILES string of the molecule is CC1CN(CCC(O)c2ccccc2F)CCN1C. The number of aliphatic hydroxyl groups excluding tert-OH is 1. The van der Waals surface area contributed by atoms with Crippen LogP contribution >= 0.6 is 0 Å². The van der Waals surface area contributed by atoms with E-state index in [-0.39, 0.29) is 5.82 Å². The highest BCUT2D eigenvalue weighted by Crippen LogP contribution is 2.20. The molecule has 0 aliphatic carbocycles. The highest BCUT2D eigenvalue weighted by atomic mass is 19.1. The maximum Gasteiger partial charge on any atom is 0.128 e. The number of hydrogen-bond donors (Lipinski definition) is 1. The molecular formula is C15H23FN2O. The summed E-state index contributed by atoms with van der Waals surface area (Å²) in [5.74, 6) is -0.318. The zero-order chi connectivity index (χ0) is 13.8. The van der Waals surface area contributed by atoms with E-state index in [1.807, 2.05) is 0 Å². The van der Waals surface area contributed by atoms with Gasteiger partial charge in [0.25, 0.3) is 0 Å². The molecule has 2 atom stereocenters. The van der Waals surface area contributed by atoms with Crippen LogP contribution in [-0.4, -0.2) is 54.2 Å². The number of piperazine rings is 1. The molecular weight excluding hydrogens is 243 g/mol. The Morgan fingerprint density at radius 1 is 1.37 bits per heavy atom. The summed E-state index contributed by atoms with van der Waals surface area (Å²) in [5.41, 5.74) is 0.407. The predicted molar refractivity (Wildman–Crippen MR) is 74.5 cm³/mol. The van der Waals surface area contributed by atoms with Crippen molar-refractivity contribution in [3.05, 3.63) is 35.6 Å². The van der Waals surface area contributed by atoms with E-state index in [0.29, 0.717) is 18.0 Å². The molecule has 106 valence electrons. The number of hydrogen-bond acceptors (Lipinski definition) is 3. The first-order valence-electron chi connectivity index (χ1n) is 6.93. The summed E-state index contributed by atoms with van der Waals surface area (Å²) >= 11 is 0. The van der Waals surface area contributed by atoms with Gasteiger partial charge < -0.3 is 14.9 Å². The zero-order valence-electron chi connectivity index (χ0n) is 11.7. The van der Waals surface area contributed by atoms with Crippen LogP contribution in [0.2, 0.25) is 0 Å². The number of rotatable bonds is 4. The minimum atomic E-state index is -0.712. The molecule has 0 spiro atoms. The van der Waals surface area contributed by atoms with Crippen LogP contribution in [0.15, 0.2) is 24.3 Å². The first-order chi connectivity index (χ1) is 9.08. The molecule has 0 bridgehead atoms. The van der Waals surface area contributed by atoms with Gasteiger partial charge in [-0.3, -0.25) is 0 Å². The van der Waals surface area contributed by atoms with Crippen molar-refractivity contribution in [3.8, 4) is 0 Å². The number of aliphatic hydroxyl groups is 1. The summed E-state index contributed by atoms with van der Waals surface area (Å²) in [7, 11) is 2.14. The smallest absolute Gasteiger partial charge is 0.128 e. The first-order valence-corrected chi connectivity index (χ1v) is 6.93. The lowest BCUT2D eigenvalue weighted by molar-refractivity contribution is 0.0830. The molecule has 1 aliphatic rings. The maximum absolute atomic E-state index is 13.5. The average molecular weight is 266 g/mol. The second kappa shape index (κ2) is 6.46. The lowest BCUT2D eigenvalue weighted by atomic mass is 10.1. The van der Waals surface area contributed by atoms with Crippen LogP contribution < -0.4 is 0 Å². The minimum Gasteiger partial charge on any atom is -0.388 e. The Morgan fingerprint density at radius 3 is 2.79 bits per heavy atom. The van der Waals surface area contributed by atoms with E-state index in [0.717, 1.165) is 26.2 Å². The highest BCUT2D eigenvalue weighted by Gasteiger charge is 2.21. The molecule has 3 nitrogen and oxygen atoms in total. The van der Waals surface area contributed by atoms with Crippen LogP contribution in [0.1, 0.15) is 25.0 Å². The Balaban J connectivity index is 1.84. The van der Waals surface area contributed by atoms with Gasteiger partial charge in [-0.2, -0.15) is 0 Å². The normalized spacial score (nSPS) is 23.5. The molecule has 2 unspecified atom stereocenters. The summed E-state index contributed by atoms with van der Waals surface area (Å²) < 4.78 is 13.5. The molecule has 0 radical (unpaired) electrons. The average Bonchev–Trinajstić information content (AvgIpc) is 2.40. The molecule has 1 aromatic carbocycles. The van der Waals surface area contributed by atoms with Gasteiger partial charge in [0.15, 0.2) is 0 Å².